The van der Waals surface area contributed by atoms with Crippen molar-refractivity contribution in [2.24, 2.45) is 5.92 Å². The molecule has 11 heteroatoms. The number of hydrogen-bond acceptors (Lipinski definition) is 3. The predicted octanol–water partition coefficient (Wildman–Crippen LogP) is 1.35. The number of carbonyl (C=O) groups is 2. The smallest absolute Gasteiger partial charge is 0.355 e. The Hall–Kier alpha value is -2.20. The maximum atomic E-state index is 12.6. The van der Waals surface area contributed by atoms with E-state index in [1.54, 1.807) is 0 Å². The zero-order chi connectivity index (χ0) is 17.9. The Morgan fingerprint density at radius 1 is 1.42 bits per heavy atom. The van der Waals surface area contributed by atoms with Crippen LogP contribution in [0.25, 0.3) is 0 Å². The van der Waals surface area contributed by atoms with Gasteiger partial charge >= 0.3 is 12.7 Å². The lowest BCUT2D eigenvalue weighted by atomic mass is 10.1. The van der Waals surface area contributed by atoms with Crippen LogP contribution in [-0.4, -0.2) is 52.1 Å². The molecule has 1 fully saturated rings. The Bertz CT molecular complexity index is 601. The van der Waals surface area contributed by atoms with E-state index in [-0.39, 0.29) is 31.8 Å². The average Bonchev–Trinajstić information content (AvgIpc) is 3.05. The summed E-state index contributed by atoms with van der Waals surface area (Å²) < 4.78 is 62.8. The summed E-state index contributed by atoms with van der Waals surface area (Å²) in [7, 11) is 0. The van der Waals surface area contributed by atoms with E-state index in [0.717, 1.165) is 6.20 Å². The topological polar surface area (TPSA) is 67.2 Å². The van der Waals surface area contributed by atoms with Gasteiger partial charge in [-0.25, -0.2) is 4.98 Å². The number of amides is 2. The highest BCUT2D eigenvalue weighted by atomic mass is 19.4. The molecule has 2 heterocycles. The third-order valence-corrected chi connectivity index (χ3v) is 3.56. The van der Waals surface area contributed by atoms with Gasteiger partial charge in [0.25, 0.3) is 0 Å². The number of nitrogens with one attached hydrogen (secondary N) is 1. The minimum Gasteiger partial charge on any atom is -0.355 e. The minimum atomic E-state index is -4.52. The first-order valence-electron chi connectivity index (χ1n) is 7.09. The Kier molecular flexibility index (Phi) is 5.40. The molecule has 1 atom stereocenters. The van der Waals surface area contributed by atoms with Crippen molar-refractivity contribution in [2.45, 2.75) is 25.6 Å². The second kappa shape index (κ2) is 7.14. The molecule has 2 rings (SSSR count). The van der Waals surface area contributed by atoms with Crippen molar-refractivity contribution in [1.29, 1.82) is 0 Å². The summed E-state index contributed by atoms with van der Waals surface area (Å²) in [4.78, 5) is 27.7. The molecule has 1 saturated heterocycles. The van der Waals surface area contributed by atoms with E-state index < -0.39 is 37.0 Å². The van der Waals surface area contributed by atoms with E-state index in [1.165, 1.54) is 6.20 Å². The number of rotatable bonds is 6. The molecule has 0 spiro atoms. The van der Waals surface area contributed by atoms with Gasteiger partial charge < -0.3 is 10.2 Å². The van der Waals surface area contributed by atoms with Crippen LogP contribution in [0.15, 0.2) is 12.4 Å². The monoisotopic (exact) mass is 354 g/mol. The van der Waals surface area contributed by atoms with Crippen LogP contribution >= 0.6 is 0 Å². The number of nitrogens with zero attached hydrogens (tertiary/aromatic N) is 3. The van der Waals surface area contributed by atoms with Crippen LogP contribution in [-0.2, 0) is 16.0 Å². The summed E-state index contributed by atoms with van der Waals surface area (Å²) >= 11 is 0. The van der Waals surface area contributed by atoms with E-state index in [9.17, 15) is 31.5 Å². The molecule has 0 aromatic carbocycles. The first-order valence-corrected chi connectivity index (χ1v) is 7.09. The van der Waals surface area contributed by atoms with Crippen molar-refractivity contribution in [3.05, 3.63) is 18.2 Å². The summed E-state index contributed by atoms with van der Waals surface area (Å²) in [6.07, 6.45) is -2.47. The van der Waals surface area contributed by atoms with Crippen LogP contribution in [0.1, 0.15) is 18.8 Å². The van der Waals surface area contributed by atoms with Crippen molar-refractivity contribution in [2.75, 3.05) is 19.6 Å². The van der Waals surface area contributed by atoms with Crippen molar-refractivity contribution >= 4 is 11.8 Å². The minimum absolute atomic E-state index is 0.00741. The van der Waals surface area contributed by atoms with Gasteiger partial charge in [0.2, 0.25) is 11.8 Å². The summed E-state index contributed by atoms with van der Waals surface area (Å²) in [5.74, 6) is -2.12. The summed E-state index contributed by atoms with van der Waals surface area (Å²) in [6, 6.07) is 0. The third kappa shape index (κ3) is 4.65. The molecule has 1 aliphatic rings. The number of imidazole rings is 1. The van der Waals surface area contributed by atoms with E-state index in [0.29, 0.717) is 9.47 Å². The molecule has 1 aromatic heterocycles. The first kappa shape index (κ1) is 18.1. The zero-order valence-electron chi connectivity index (χ0n) is 12.4. The highest BCUT2D eigenvalue weighted by Crippen LogP contribution is 2.23. The van der Waals surface area contributed by atoms with Crippen molar-refractivity contribution in [3.8, 4) is 0 Å². The van der Waals surface area contributed by atoms with Gasteiger partial charge in [-0.1, -0.05) is 0 Å². The largest absolute Gasteiger partial charge is 0.406 e. The van der Waals surface area contributed by atoms with Crippen LogP contribution in [0.4, 0.5) is 22.0 Å². The summed E-state index contributed by atoms with van der Waals surface area (Å²) in [5.41, 5.74) is 0. The third-order valence-electron chi connectivity index (χ3n) is 3.56. The number of hydrogen-bond donors (Lipinski definition) is 1. The van der Waals surface area contributed by atoms with Gasteiger partial charge in [0, 0.05) is 38.3 Å². The van der Waals surface area contributed by atoms with E-state index >= 15 is 0 Å². The SMILES string of the molecule is O=C(NCCc1nccn1C(F)F)C1CC(=O)N(CC(F)(F)F)C1. The second-order valence-electron chi connectivity index (χ2n) is 5.36. The Balaban J connectivity index is 1.81. The lowest BCUT2D eigenvalue weighted by Gasteiger charge is -2.18. The Labute approximate surface area is 133 Å². The van der Waals surface area contributed by atoms with Crippen LogP contribution in [0.5, 0.6) is 0 Å². The molecule has 1 N–H and O–H groups in total. The van der Waals surface area contributed by atoms with Crippen LogP contribution in [0.3, 0.4) is 0 Å². The molecular formula is C13H15F5N4O2. The quantitative estimate of drug-likeness (QED) is 0.785. The van der Waals surface area contributed by atoms with Crippen molar-refractivity contribution in [1.82, 2.24) is 19.8 Å². The van der Waals surface area contributed by atoms with Gasteiger partial charge in [-0.15, -0.1) is 0 Å². The lowest BCUT2D eigenvalue weighted by Crippen LogP contribution is -2.37. The van der Waals surface area contributed by atoms with Gasteiger partial charge in [0.1, 0.15) is 12.4 Å². The van der Waals surface area contributed by atoms with Gasteiger partial charge in [0.15, 0.2) is 0 Å². The van der Waals surface area contributed by atoms with Gasteiger partial charge in [0.05, 0.1) is 5.92 Å². The summed E-state index contributed by atoms with van der Waals surface area (Å²) in [5, 5.41) is 2.44. The number of alkyl halides is 5. The van der Waals surface area contributed by atoms with Gasteiger partial charge in [-0.2, -0.15) is 22.0 Å². The van der Waals surface area contributed by atoms with E-state index in [1.807, 2.05) is 0 Å². The van der Waals surface area contributed by atoms with E-state index in [4.69, 9.17) is 0 Å². The van der Waals surface area contributed by atoms with Crippen LogP contribution in [0, 0.1) is 5.92 Å². The first-order chi connectivity index (χ1) is 11.2. The number of aromatic nitrogens is 2. The van der Waals surface area contributed by atoms with Gasteiger partial charge in [-0.05, 0) is 0 Å². The fourth-order valence-corrected chi connectivity index (χ4v) is 2.47. The highest BCUT2D eigenvalue weighted by molar-refractivity contribution is 5.89. The number of halogens is 5. The molecule has 1 unspecified atom stereocenters. The fourth-order valence-electron chi connectivity index (χ4n) is 2.47. The molecule has 2 amide bonds. The zero-order valence-corrected chi connectivity index (χ0v) is 12.4. The molecule has 0 aliphatic carbocycles. The number of carbonyl (C=O) groups excluding carboxylic acids is 2. The van der Waals surface area contributed by atoms with Crippen LogP contribution in [0.2, 0.25) is 0 Å². The van der Waals surface area contributed by atoms with Crippen LogP contribution < -0.4 is 5.32 Å². The Morgan fingerprint density at radius 2 is 2.12 bits per heavy atom. The normalized spacial score (nSPS) is 18.5. The maximum Gasteiger partial charge on any atom is 0.406 e. The van der Waals surface area contributed by atoms with Crippen molar-refractivity contribution in [3.63, 3.8) is 0 Å². The second-order valence-corrected chi connectivity index (χ2v) is 5.36. The fraction of sp³-hybridized carbons (Fsp3) is 0.615. The van der Waals surface area contributed by atoms with Crippen molar-refractivity contribution < 1.29 is 31.5 Å². The maximum absolute atomic E-state index is 12.6. The number of likely N-dealkylation sites (tertiary alicyclic amines) is 1. The molecule has 1 aromatic rings. The molecule has 6 nitrogen and oxygen atoms in total. The highest BCUT2D eigenvalue weighted by Gasteiger charge is 2.40. The molecule has 134 valence electrons. The molecular weight excluding hydrogens is 339 g/mol. The van der Waals surface area contributed by atoms with E-state index in [2.05, 4.69) is 10.3 Å². The molecule has 0 saturated carbocycles. The average molecular weight is 354 g/mol. The van der Waals surface area contributed by atoms with Gasteiger partial charge in [-0.3, -0.25) is 14.2 Å². The predicted molar refractivity (Wildman–Crippen MR) is 70.9 cm³/mol. The lowest BCUT2D eigenvalue weighted by molar-refractivity contribution is -0.157. The molecule has 0 radical (unpaired) electrons. The molecule has 24 heavy (non-hydrogen) atoms. The molecule has 1 aliphatic heterocycles. The Morgan fingerprint density at radius 3 is 2.75 bits per heavy atom. The summed E-state index contributed by atoms with van der Waals surface area (Å²) in [6.45, 7) is -4.45. The molecule has 0 bridgehead atoms. The standard InChI is InChI=1S/C13H15F5N4O2/c14-12(15)22-4-3-19-9(22)1-2-20-11(24)8-5-10(23)21(6-8)7-13(16,17)18/h3-4,8,12H,1-2,5-7H2,(H,20,24).